The van der Waals surface area contributed by atoms with E-state index in [0.717, 1.165) is 37.0 Å². The number of para-hydroxylation sites is 1. The van der Waals surface area contributed by atoms with Crippen LogP contribution in [0.3, 0.4) is 0 Å². The normalized spacial score (nSPS) is 11.4. The summed E-state index contributed by atoms with van der Waals surface area (Å²) in [5.74, 6) is 0.907. The summed E-state index contributed by atoms with van der Waals surface area (Å²) in [5.41, 5.74) is 6.28. The maximum Gasteiger partial charge on any atom is 0.276 e. The van der Waals surface area contributed by atoms with Crippen LogP contribution in [0.25, 0.3) is 0 Å². The molecule has 30 heavy (non-hydrogen) atoms. The molecule has 0 heterocycles. The molecule has 2 N–H and O–H groups in total. The first-order valence-electron chi connectivity index (χ1n) is 10.6. The van der Waals surface area contributed by atoms with Gasteiger partial charge in [0.15, 0.2) is 6.61 Å². The van der Waals surface area contributed by atoms with E-state index in [1.807, 2.05) is 24.3 Å². The minimum absolute atomic E-state index is 0.182. The van der Waals surface area contributed by atoms with Gasteiger partial charge >= 0.3 is 0 Å². The molecule has 0 bridgehead atoms. The molecule has 0 radical (unpaired) electrons. The molecule has 6 heteroatoms. The highest BCUT2D eigenvalue weighted by molar-refractivity contribution is 5.95. The van der Waals surface area contributed by atoms with Crippen molar-refractivity contribution in [3.05, 3.63) is 59.7 Å². The van der Waals surface area contributed by atoms with Crippen molar-refractivity contribution in [1.29, 1.82) is 0 Å². The van der Waals surface area contributed by atoms with Gasteiger partial charge < -0.3 is 9.47 Å². The molecule has 2 aromatic carbocycles. The van der Waals surface area contributed by atoms with Gasteiger partial charge in [-0.05, 0) is 54.7 Å². The minimum Gasteiger partial charge on any atom is -0.494 e. The Labute approximate surface area is 178 Å². The lowest BCUT2D eigenvalue weighted by molar-refractivity contribution is -0.123. The Morgan fingerprint density at radius 1 is 0.933 bits per heavy atom. The van der Waals surface area contributed by atoms with Gasteiger partial charge in [-0.15, -0.1) is 0 Å². The van der Waals surface area contributed by atoms with Gasteiger partial charge in [-0.2, -0.15) is 0 Å². The zero-order chi connectivity index (χ0) is 21.8. The third-order valence-corrected chi connectivity index (χ3v) is 4.87. The highest BCUT2D eigenvalue weighted by Crippen LogP contribution is 2.28. The van der Waals surface area contributed by atoms with Crippen LogP contribution in [0.2, 0.25) is 0 Å². The first kappa shape index (κ1) is 23.3. The van der Waals surface area contributed by atoms with Crippen molar-refractivity contribution in [2.75, 3.05) is 13.2 Å². The van der Waals surface area contributed by atoms with Gasteiger partial charge in [0.2, 0.25) is 0 Å². The Kier molecular flexibility index (Phi) is 9.71. The topological polar surface area (TPSA) is 76.7 Å². The molecule has 2 amide bonds. The van der Waals surface area contributed by atoms with Crippen LogP contribution in [0.15, 0.2) is 48.5 Å². The van der Waals surface area contributed by atoms with Crippen molar-refractivity contribution in [1.82, 2.24) is 10.9 Å². The van der Waals surface area contributed by atoms with Crippen LogP contribution in [0.4, 0.5) is 0 Å². The fraction of sp³-hybridized carbons (Fsp3) is 0.417. The maximum absolute atomic E-state index is 12.2. The average Bonchev–Trinajstić information content (AvgIpc) is 2.79. The molecule has 0 aliphatic carbocycles. The van der Waals surface area contributed by atoms with Gasteiger partial charge in [0.1, 0.15) is 11.5 Å². The maximum atomic E-state index is 12.2. The van der Waals surface area contributed by atoms with E-state index in [1.165, 1.54) is 0 Å². The largest absolute Gasteiger partial charge is 0.494 e. The summed E-state index contributed by atoms with van der Waals surface area (Å²) in [4.78, 5) is 24.3. The second-order valence-corrected chi connectivity index (χ2v) is 7.22. The average molecular weight is 413 g/mol. The molecule has 2 aromatic rings. The van der Waals surface area contributed by atoms with Crippen molar-refractivity contribution in [2.24, 2.45) is 0 Å². The summed E-state index contributed by atoms with van der Waals surface area (Å²) >= 11 is 0. The molecule has 2 rings (SSSR count). The van der Waals surface area contributed by atoms with Gasteiger partial charge in [-0.25, -0.2) is 0 Å². The molecule has 6 nitrogen and oxygen atoms in total. The van der Waals surface area contributed by atoms with Gasteiger partial charge in [0.05, 0.1) is 6.61 Å². The van der Waals surface area contributed by atoms with Crippen LogP contribution >= 0.6 is 0 Å². The number of nitrogens with one attached hydrogen (secondary N) is 2. The number of benzene rings is 2. The van der Waals surface area contributed by atoms with E-state index in [0.29, 0.717) is 23.8 Å². The molecule has 0 saturated carbocycles. The Morgan fingerprint density at radius 2 is 1.67 bits per heavy atom. The van der Waals surface area contributed by atoms with Crippen LogP contribution in [-0.4, -0.2) is 25.0 Å². The molecule has 1 unspecified atom stereocenters. The molecule has 1 atom stereocenters. The monoisotopic (exact) mass is 412 g/mol. The summed E-state index contributed by atoms with van der Waals surface area (Å²) < 4.78 is 11.3. The van der Waals surface area contributed by atoms with E-state index < -0.39 is 11.8 Å². The molecule has 0 fully saturated rings. The van der Waals surface area contributed by atoms with Crippen LogP contribution in [0.5, 0.6) is 11.5 Å². The van der Waals surface area contributed by atoms with Gasteiger partial charge in [-0.3, -0.25) is 20.4 Å². The van der Waals surface area contributed by atoms with Crippen LogP contribution in [-0.2, 0) is 4.79 Å². The second kappa shape index (κ2) is 12.5. The van der Waals surface area contributed by atoms with Crippen LogP contribution in [0, 0.1) is 0 Å². The first-order chi connectivity index (χ1) is 14.5. The number of carbonyl (C=O) groups is 2. The number of carbonyl (C=O) groups excluding carboxylic acids is 2. The van der Waals surface area contributed by atoms with Gasteiger partial charge in [0.25, 0.3) is 11.8 Å². The summed E-state index contributed by atoms with van der Waals surface area (Å²) in [6.07, 6.45) is 4.26. The number of ether oxygens (including phenoxy) is 2. The number of hydrogen-bond donors (Lipinski definition) is 2. The van der Waals surface area contributed by atoms with Crippen LogP contribution < -0.4 is 20.3 Å². The zero-order valence-corrected chi connectivity index (χ0v) is 18.1. The lowest BCUT2D eigenvalue weighted by atomic mass is 9.98. The van der Waals surface area contributed by atoms with E-state index >= 15 is 0 Å². The lowest BCUT2D eigenvalue weighted by Crippen LogP contribution is -2.43. The summed E-state index contributed by atoms with van der Waals surface area (Å²) in [7, 11) is 0. The molecule has 0 saturated heterocycles. The predicted octanol–water partition coefficient (Wildman–Crippen LogP) is 4.61. The number of unbranched alkanes of at least 4 members (excludes halogenated alkanes) is 2. The summed E-state index contributed by atoms with van der Waals surface area (Å²) in [6.45, 7) is 6.84. The van der Waals surface area contributed by atoms with E-state index in [-0.39, 0.29) is 6.61 Å². The SMILES string of the molecule is CCCCCOc1ccc(C(=O)NNC(=O)COc2ccccc2C(C)CC)cc1. The molecule has 0 aliphatic rings. The number of amides is 2. The Hall–Kier alpha value is -3.02. The number of hydrazine groups is 1. The summed E-state index contributed by atoms with van der Waals surface area (Å²) in [5, 5.41) is 0. The standard InChI is InChI=1S/C24H32N2O4/c1-4-6-9-16-29-20-14-12-19(13-15-20)24(28)26-25-23(27)17-30-22-11-8-7-10-21(22)18(3)5-2/h7-8,10-15,18H,4-6,9,16-17H2,1-3H3,(H,25,27)(H,26,28). The lowest BCUT2D eigenvalue weighted by Gasteiger charge is -2.15. The smallest absolute Gasteiger partial charge is 0.276 e. The van der Waals surface area contributed by atoms with E-state index in [9.17, 15) is 9.59 Å². The number of hydrogen-bond acceptors (Lipinski definition) is 4. The second-order valence-electron chi connectivity index (χ2n) is 7.22. The molecule has 0 aromatic heterocycles. The van der Waals surface area contributed by atoms with E-state index in [4.69, 9.17) is 9.47 Å². The molecule has 0 aliphatic heterocycles. The highest BCUT2D eigenvalue weighted by Gasteiger charge is 2.12. The molecular weight excluding hydrogens is 380 g/mol. The fourth-order valence-electron chi connectivity index (χ4n) is 2.86. The molecule has 162 valence electrons. The zero-order valence-electron chi connectivity index (χ0n) is 18.1. The number of rotatable bonds is 11. The Balaban J connectivity index is 1.77. The third-order valence-electron chi connectivity index (χ3n) is 4.87. The van der Waals surface area contributed by atoms with Crippen molar-refractivity contribution >= 4 is 11.8 Å². The van der Waals surface area contributed by atoms with Crippen molar-refractivity contribution in [3.63, 3.8) is 0 Å². The van der Waals surface area contributed by atoms with Crippen LogP contribution in [0.1, 0.15) is 68.3 Å². The van der Waals surface area contributed by atoms with Crippen molar-refractivity contribution in [2.45, 2.75) is 52.4 Å². The van der Waals surface area contributed by atoms with Crippen molar-refractivity contribution in [3.8, 4) is 11.5 Å². The summed E-state index contributed by atoms with van der Waals surface area (Å²) in [6, 6.07) is 14.5. The fourth-order valence-corrected chi connectivity index (χ4v) is 2.86. The first-order valence-corrected chi connectivity index (χ1v) is 10.6. The van der Waals surface area contributed by atoms with E-state index in [2.05, 4.69) is 31.6 Å². The quantitative estimate of drug-likeness (QED) is 0.417. The Morgan fingerprint density at radius 3 is 2.37 bits per heavy atom. The Bertz CT molecular complexity index is 805. The van der Waals surface area contributed by atoms with Crippen molar-refractivity contribution < 1.29 is 19.1 Å². The van der Waals surface area contributed by atoms with Gasteiger partial charge in [-0.1, -0.05) is 51.8 Å². The highest BCUT2D eigenvalue weighted by atomic mass is 16.5. The third kappa shape index (κ3) is 7.43. The predicted molar refractivity (Wildman–Crippen MR) is 118 cm³/mol. The molecular formula is C24H32N2O4. The minimum atomic E-state index is -0.432. The van der Waals surface area contributed by atoms with E-state index in [1.54, 1.807) is 24.3 Å². The molecule has 0 spiro atoms. The van der Waals surface area contributed by atoms with Gasteiger partial charge in [0, 0.05) is 5.56 Å².